The van der Waals surface area contributed by atoms with Crippen molar-refractivity contribution in [1.82, 2.24) is 0 Å². The highest BCUT2D eigenvalue weighted by molar-refractivity contribution is 5.28. The zero-order valence-corrected chi connectivity index (χ0v) is 18.7. The lowest BCUT2D eigenvalue weighted by molar-refractivity contribution is 0.303. The molecule has 0 spiro atoms. The van der Waals surface area contributed by atoms with Gasteiger partial charge in [0, 0.05) is 0 Å². The van der Waals surface area contributed by atoms with Crippen LogP contribution in [0.4, 0.5) is 0 Å². The van der Waals surface area contributed by atoms with Gasteiger partial charge in [-0.3, -0.25) is 0 Å². The summed E-state index contributed by atoms with van der Waals surface area (Å²) in [5.41, 5.74) is 1.44. The van der Waals surface area contributed by atoms with Crippen LogP contribution in [0.5, 0.6) is 5.75 Å². The zero-order valence-electron chi connectivity index (χ0n) is 18.7. The molecule has 0 aliphatic heterocycles. The first-order valence-corrected chi connectivity index (χ1v) is 12.6. The Balaban J connectivity index is 1.44. The topological polar surface area (TPSA) is 9.23 Å². The van der Waals surface area contributed by atoms with Crippen molar-refractivity contribution in [3.05, 3.63) is 29.8 Å². The zero-order chi connectivity index (χ0) is 19.7. The third-order valence-corrected chi connectivity index (χ3v) is 6.47. The van der Waals surface area contributed by atoms with Crippen molar-refractivity contribution in [2.24, 2.45) is 5.92 Å². The molecule has 1 saturated carbocycles. The fraction of sp³-hybridized carbons (Fsp3) is 0.778. The van der Waals surface area contributed by atoms with Crippen molar-refractivity contribution in [2.75, 3.05) is 6.61 Å². The van der Waals surface area contributed by atoms with E-state index in [0.717, 1.165) is 18.3 Å². The van der Waals surface area contributed by atoms with Gasteiger partial charge in [0.25, 0.3) is 0 Å². The van der Waals surface area contributed by atoms with Crippen molar-refractivity contribution in [3.63, 3.8) is 0 Å². The summed E-state index contributed by atoms with van der Waals surface area (Å²) < 4.78 is 6.01. The van der Waals surface area contributed by atoms with Gasteiger partial charge in [0.2, 0.25) is 0 Å². The summed E-state index contributed by atoms with van der Waals surface area (Å²) in [4.78, 5) is 0. The summed E-state index contributed by atoms with van der Waals surface area (Å²) in [6.07, 6.45) is 25.1. The van der Waals surface area contributed by atoms with Crippen molar-refractivity contribution in [2.45, 2.75) is 122 Å². The van der Waals surface area contributed by atoms with E-state index in [1.165, 1.54) is 121 Å². The molecule has 0 amide bonds. The smallest absolute Gasteiger partial charge is 0.119 e. The van der Waals surface area contributed by atoms with Gasteiger partial charge in [-0.2, -0.15) is 0 Å². The number of hydrogen-bond donors (Lipinski definition) is 0. The van der Waals surface area contributed by atoms with Gasteiger partial charge < -0.3 is 4.74 Å². The van der Waals surface area contributed by atoms with Crippen molar-refractivity contribution in [3.8, 4) is 5.75 Å². The molecule has 0 radical (unpaired) electrons. The largest absolute Gasteiger partial charge is 0.494 e. The Kier molecular flexibility index (Phi) is 13.2. The normalized spacial score (nSPS) is 14.6. The third kappa shape index (κ3) is 11.1. The van der Waals surface area contributed by atoms with Crippen LogP contribution in [0.25, 0.3) is 0 Å². The van der Waals surface area contributed by atoms with Crippen LogP contribution in [0.2, 0.25) is 0 Å². The molecule has 0 heterocycles. The number of rotatable bonds is 17. The maximum absolute atomic E-state index is 6.01. The Hall–Kier alpha value is -0.980. The quantitative estimate of drug-likeness (QED) is 0.243. The monoisotopic (exact) mass is 386 g/mol. The van der Waals surface area contributed by atoms with Crippen LogP contribution >= 0.6 is 0 Å². The first-order chi connectivity index (χ1) is 13.9. The predicted octanol–water partition coefficient (Wildman–Crippen LogP) is 8.89. The molecule has 0 aromatic heterocycles. The molecular formula is C27H46O. The first-order valence-electron chi connectivity index (χ1n) is 12.6. The summed E-state index contributed by atoms with van der Waals surface area (Å²) in [5, 5.41) is 0. The number of hydrogen-bond acceptors (Lipinski definition) is 1. The van der Waals surface area contributed by atoms with Crippen molar-refractivity contribution < 1.29 is 4.74 Å². The minimum absolute atomic E-state index is 0.878. The van der Waals surface area contributed by atoms with Gasteiger partial charge in [0.1, 0.15) is 5.75 Å². The molecule has 0 bridgehead atoms. The van der Waals surface area contributed by atoms with Crippen LogP contribution in [-0.2, 0) is 6.42 Å². The van der Waals surface area contributed by atoms with E-state index >= 15 is 0 Å². The van der Waals surface area contributed by atoms with Gasteiger partial charge in [-0.05, 0) is 42.9 Å². The van der Waals surface area contributed by atoms with Gasteiger partial charge in [0.15, 0.2) is 0 Å². The molecule has 1 fully saturated rings. The maximum atomic E-state index is 6.01. The van der Waals surface area contributed by atoms with E-state index in [4.69, 9.17) is 4.74 Å². The molecule has 1 aliphatic carbocycles. The van der Waals surface area contributed by atoms with Crippen LogP contribution in [0.15, 0.2) is 24.3 Å². The van der Waals surface area contributed by atoms with Gasteiger partial charge >= 0.3 is 0 Å². The lowest BCUT2D eigenvalue weighted by Crippen LogP contribution is -1.98. The van der Waals surface area contributed by atoms with E-state index in [9.17, 15) is 0 Å². The molecule has 0 saturated heterocycles. The molecule has 0 atom stereocenters. The maximum Gasteiger partial charge on any atom is 0.119 e. The summed E-state index contributed by atoms with van der Waals surface area (Å²) in [7, 11) is 0. The molecular weight excluding hydrogens is 340 g/mol. The van der Waals surface area contributed by atoms with Crippen LogP contribution in [0.1, 0.15) is 122 Å². The molecule has 2 rings (SSSR count). The van der Waals surface area contributed by atoms with Crippen LogP contribution in [-0.4, -0.2) is 6.61 Å². The Morgan fingerprint density at radius 3 is 2.25 bits per heavy atom. The van der Waals surface area contributed by atoms with Gasteiger partial charge in [0.05, 0.1) is 6.61 Å². The highest BCUT2D eigenvalue weighted by Crippen LogP contribution is 2.29. The van der Waals surface area contributed by atoms with Gasteiger partial charge in [-0.15, -0.1) is 0 Å². The standard InChI is InChI=1S/C27H46O/c1-2-3-4-5-6-8-12-20-26-21-16-22-27(24-26)28-23-15-10-7-9-11-17-25-18-13-14-19-25/h16,21-22,24-25H,2-15,17-20,23H2,1H3. The minimum Gasteiger partial charge on any atom is -0.494 e. The molecule has 1 heteroatoms. The highest BCUT2D eigenvalue weighted by atomic mass is 16.5. The van der Waals surface area contributed by atoms with E-state index < -0.39 is 0 Å². The Morgan fingerprint density at radius 1 is 0.786 bits per heavy atom. The van der Waals surface area contributed by atoms with E-state index in [1.54, 1.807) is 0 Å². The summed E-state index contributed by atoms with van der Waals surface area (Å²) in [5.74, 6) is 2.14. The lowest BCUT2D eigenvalue weighted by atomic mass is 9.99. The van der Waals surface area contributed by atoms with E-state index in [0.29, 0.717) is 0 Å². The van der Waals surface area contributed by atoms with Gasteiger partial charge in [-0.25, -0.2) is 0 Å². The molecule has 1 aromatic rings. The lowest BCUT2D eigenvalue weighted by Gasteiger charge is -2.09. The fourth-order valence-electron chi connectivity index (χ4n) is 4.63. The second-order valence-corrected chi connectivity index (χ2v) is 9.07. The number of aryl methyl sites for hydroxylation is 1. The molecule has 0 unspecified atom stereocenters. The minimum atomic E-state index is 0.878. The average molecular weight is 387 g/mol. The average Bonchev–Trinajstić information content (AvgIpc) is 3.23. The predicted molar refractivity (Wildman–Crippen MR) is 123 cm³/mol. The van der Waals surface area contributed by atoms with Crippen LogP contribution in [0, 0.1) is 5.92 Å². The summed E-state index contributed by atoms with van der Waals surface area (Å²) in [6.45, 7) is 3.16. The van der Waals surface area contributed by atoms with Gasteiger partial charge in [-0.1, -0.05) is 115 Å². The number of unbranched alkanes of at least 4 members (excludes halogenated alkanes) is 10. The molecule has 28 heavy (non-hydrogen) atoms. The van der Waals surface area contributed by atoms with Crippen LogP contribution < -0.4 is 4.74 Å². The Labute approximate surface area is 175 Å². The fourth-order valence-corrected chi connectivity index (χ4v) is 4.63. The Morgan fingerprint density at radius 2 is 1.46 bits per heavy atom. The number of benzene rings is 1. The number of ether oxygens (including phenoxy) is 1. The molecule has 160 valence electrons. The van der Waals surface area contributed by atoms with E-state index in [2.05, 4.69) is 31.2 Å². The van der Waals surface area contributed by atoms with Crippen molar-refractivity contribution in [1.29, 1.82) is 0 Å². The third-order valence-electron chi connectivity index (χ3n) is 6.47. The molecule has 0 N–H and O–H groups in total. The van der Waals surface area contributed by atoms with Crippen LogP contribution in [0.3, 0.4) is 0 Å². The second kappa shape index (κ2) is 15.9. The highest BCUT2D eigenvalue weighted by Gasteiger charge is 2.13. The molecule has 1 aromatic carbocycles. The summed E-state index contributed by atoms with van der Waals surface area (Å²) in [6, 6.07) is 8.80. The molecule has 1 nitrogen and oxygen atoms in total. The first kappa shape index (κ1) is 23.3. The SMILES string of the molecule is CCCCCCCCCc1cccc(OCCCCCCCC2CCCC2)c1. The summed E-state index contributed by atoms with van der Waals surface area (Å²) >= 11 is 0. The van der Waals surface area contributed by atoms with E-state index in [1.807, 2.05) is 0 Å². The Bertz CT molecular complexity index is 475. The second-order valence-electron chi connectivity index (χ2n) is 9.07. The van der Waals surface area contributed by atoms with E-state index in [-0.39, 0.29) is 0 Å². The van der Waals surface area contributed by atoms with Crippen molar-refractivity contribution >= 4 is 0 Å². The molecule has 1 aliphatic rings.